The Labute approximate surface area is 94.4 Å². The molecule has 2 aliphatic heterocycles. The lowest BCUT2D eigenvalue weighted by molar-refractivity contribution is -0.150. The molecule has 2 rings (SSSR count). The Hall–Kier alpha value is -1.26. The fourth-order valence-corrected chi connectivity index (χ4v) is 2.94. The minimum atomic E-state index is -0.852. The highest BCUT2D eigenvalue weighted by molar-refractivity contribution is 5.74. The van der Waals surface area contributed by atoms with Crippen molar-refractivity contribution >= 4 is 12.1 Å². The molecule has 0 aromatic rings. The molecule has 0 unspecified atom stereocenters. The largest absolute Gasteiger partial charge is 0.466 e. The summed E-state index contributed by atoms with van der Waals surface area (Å²) in [5, 5.41) is 9.06. The molecule has 2 heterocycles. The Morgan fingerprint density at radius 1 is 1.31 bits per heavy atom. The van der Waals surface area contributed by atoms with Crippen molar-refractivity contribution in [2.75, 3.05) is 6.61 Å². The van der Waals surface area contributed by atoms with E-state index in [1.165, 1.54) is 4.90 Å². The third-order valence-corrected chi connectivity index (χ3v) is 3.57. The van der Waals surface area contributed by atoms with E-state index in [-0.39, 0.29) is 24.0 Å². The van der Waals surface area contributed by atoms with Gasteiger partial charge in [0.2, 0.25) is 0 Å². The van der Waals surface area contributed by atoms with E-state index in [0.29, 0.717) is 19.4 Å². The van der Waals surface area contributed by atoms with Gasteiger partial charge in [-0.2, -0.15) is 0 Å². The van der Waals surface area contributed by atoms with Crippen molar-refractivity contribution in [2.45, 2.75) is 44.7 Å². The second-order valence-electron chi connectivity index (χ2n) is 4.50. The predicted molar refractivity (Wildman–Crippen MR) is 56.0 cm³/mol. The molecule has 0 aromatic carbocycles. The van der Waals surface area contributed by atoms with Crippen LogP contribution in [0.2, 0.25) is 0 Å². The van der Waals surface area contributed by atoms with Gasteiger partial charge in [-0.1, -0.05) is 0 Å². The molecule has 3 atom stereocenters. The Morgan fingerprint density at radius 2 is 1.88 bits per heavy atom. The van der Waals surface area contributed by atoms with Gasteiger partial charge in [0.25, 0.3) is 0 Å². The number of fused-ring (bicyclic) bond motifs is 2. The second-order valence-corrected chi connectivity index (χ2v) is 4.50. The summed E-state index contributed by atoms with van der Waals surface area (Å²) < 4.78 is 5.00. The van der Waals surface area contributed by atoms with E-state index < -0.39 is 6.09 Å². The summed E-state index contributed by atoms with van der Waals surface area (Å²) in [7, 11) is 0. The zero-order chi connectivity index (χ0) is 11.7. The van der Waals surface area contributed by atoms with Crippen LogP contribution in [0.1, 0.15) is 32.6 Å². The number of piperidine rings is 1. The SMILES string of the molecule is CCOC(=O)[C@@H]1C[C@H]2CC[C@@H](C1)N2C(=O)O. The van der Waals surface area contributed by atoms with Gasteiger partial charge in [-0.05, 0) is 32.6 Å². The van der Waals surface area contributed by atoms with Gasteiger partial charge in [-0.3, -0.25) is 4.79 Å². The van der Waals surface area contributed by atoms with Gasteiger partial charge in [0.05, 0.1) is 12.5 Å². The van der Waals surface area contributed by atoms with E-state index in [1.54, 1.807) is 6.92 Å². The lowest BCUT2D eigenvalue weighted by Crippen LogP contribution is -2.47. The number of carbonyl (C=O) groups is 2. The molecule has 5 heteroatoms. The Bertz CT molecular complexity index is 290. The maximum Gasteiger partial charge on any atom is 0.407 e. The number of esters is 1. The summed E-state index contributed by atoms with van der Waals surface area (Å²) in [5.74, 6) is -0.266. The molecule has 5 nitrogen and oxygen atoms in total. The van der Waals surface area contributed by atoms with Crippen LogP contribution < -0.4 is 0 Å². The normalized spacial score (nSPS) is 32.6. The molecule has 0 spiro atoms. The Kier molecular flexibility index (Phi) is 3.03. The van der Waals surface area contributed by atoms with E-state index in [1.807, 2.05) is 0 Å². The number of hydrogen-bond acceptors (Lipinski definition) is 3. The molecular formula is C11H17NO4. The Morgan fingerprint density at radius 3 is 2.31 bits per heavy atom. The van der Waals surface area contributed by atoms with Gasteiger partial charge in [-0.25, -0.2) is 4.79 Å². The Balaban J connectivity index is 2.02. The highest BCUT2D eigenvalue weighted by atomic mass is 16.5. The molecule has 2 bridgehead atoms. The number of hydrogen-bond donors (Lipinski definition) is 1. The average molecular weight is 227 g/mol. The van der Waals surface area contributed by atoms with Crippen LogP contribution in [0.15, 0.2) is 0 Å². The molecule has 1 N–H and O–H groups in total. The minimum absolute atomic E-state index is 0.0191. The maximum absolute atomic E-state index is 11.6. The summed E-state index contributed by atoms with van der Waals surface area (Å²) in [5.41, 5.74) is 0. The molecule has 0 aromatic heterocycles. The fraction of sp³-hybridized carbons (Fsp3) is 0.818. The quantitative estimate of drug-likeness (QED) is 0.725. The summed E-state index contributed by atoms with van der Waals surface area (Å²) in [6.45, 7) is 2.19. The van der Waals surface area contributed by atoms with Crippen LogP contribution >= 0.6 is 0 Å². The first-order valence-corrected chi connectivity index (χ1v) is 5.81. The lowest BCUT2D eigenvalue weighted by Gasteiger charge is -2.35. The summed E-state index contributed by atoms with van der Waals surface area (Å²) in [6, 6.07) is 0.0383. The van der Waals surface area contributed by atoms with E-state index >= 15 is 0 Å². The van der Waals surface area contributed by atoms with E-state index in [2.05, 4.69) is 0 Å². The number of carbonyl (C=O) groups excluding carboxylic acids is 1. The first kappa shape index (κ1) is 11.2. The fourth-order valence-electron chi connectivity index (χ4n) is 2.94. The van der Waals surface area contributed by atoms with Crippen LogP contribution in [0.3, 0.4) is 0 Å². The number of amides is 1. The van der Waals surface area contributed by atoms with Gasteiger partial charge in [0.15, 0.2) is 0 Å². The van der Waals surface area contributed by atoms with Gasteiger partial charge in [0, 0.05) is 12.1 Å². The zero-order valence-corrected chi connectivity index (χ0v) is 9.39. The van der Waals surface area contributed by atoms with Crippen molar-refractivity contribution in [3.05, 3.63) is 0 Å². The van der Waals surface area contributed by atoms with Gasteiger partial charge < -0.3 is 14.7 Å². The monoisotopic (exact) mass is 227 g/mol. The van der Waals surface area contributed by atoms with E-state index in [4.69, 9.17) is 9.84 Å². The van der Waals surface area contributed by atoms with Crippen LogP contribution in [-0.2, 0) is 9.53 Å². The third kappa shape index (κ3) is 1.86. The molecule has 16 heavy (non-hydrogen) atoms. The number of rotatable bonds is 2. The molecule has 0 aliphatic carbocycles. The van der Waals surface area contributed by atoms with Crippen molar-refractivity contribution in [1.82, 2.24) is 4.90 Å². The molecule has 0 radical (unpaired) electrons. The summed E-state index contributed by atoms with van der Waals surface area (Å²) in [6.07, 6.45) is 2.16. The van der Waals surface area contributed by atoms with Crippen LogP contribution in [0.4, 0.5) is 4.79 Å². The van der Waals surface area contributed by atoms with Crippen LogP contribution in [-0.4, -0.2) is 40.8 Å². The number of nitrogens with zero attached hydrogens (tertiary/aromatic N) is 1. The standard InChI is InChI=1S/C11H17NO4/c1-2-16-10(13)7-5-8-3-4-9(6-7)12(8)11(14)15/h7-9H,2-6H2,1H3,(H,14,15)/t7-,8-,9+. The van der Waals surface area contributed by atoms with Crippen LogP contribution in [0, 0.1) is 5.92 Å². The van der Waals surface area contributed by atoms with Gasteiger partial charge in [-0.15, -0.1) is 0 Å². The third-order valence-electron chi connectivity index (χ3n) is 3.57. The number of carboxylic acid groups (broad SMARTS) is 1. The molecule has 90 valence electrons. The highest BCUT2D eigenvalue weighted by Crippen LogP contribution is 2.39. The first-order chi connectivity index (χ1) is 7.63. The molecular weight excluding hydrogens is 210 g/mol. The summed E-state index contributed by atoms with van der Waals surface area (Å²) in [4.78, 5) is 24.2. The van der Waals surface area contributed by atoms with Crippen molar-refractivity contribution in [3.8, 4) is 0 Å². The van der Waals surface area contributed by atoms with Crippen molar-refractivity contribution in [3.63, 3.8) is 0 Å². The highest BCUT2D eigenvalue weighted by Gasteiger charge is 2.45. The molecule has 2 aliphatic rings. The smallest absolute Gasteiger partial charge is 0.407 e. The summed E-state index contributed by atoms with van der Waals surface area (Å²) >= 11 is 0. The van der Waals surface area contributed by atoms with E-state index in [9.17, 15) is 9.59 Å². The minimum Gasteiger partial charge on any atom is -0.466 e. The first-order valence-electron chi connectivity index (χ1n) is 5.81. The second kappa shape index (κ2) is 4.31. The van der Waals surface area contributed by atoms with Gasteiger partial charge in [0.1, 0.15) is 0 Å². The van der Waals surface area contributed by atoms with Crippen molar-refractivity contribution < 1.29 is 19.4 Å². The van der Waals surface area contributed by atoms with E-state index in [0.717, 1.165) is 12.8 Å². The van der Waals surface area contributed by atoms with Gasteiger partial charge >= 0.3 is 12.1 Å². The molecule has 1 amide bonds. The molecule has 0 saturated carbocycles. The average Bonchev–Trinajstić information content (AvgIpc) is 2.50. The predicted octanol–water partition coefficient (Wildman–Crippen LogP) is 1.47. The number of ether oxygens (including phenoxy) is 1. The maximum atomic E-state index is 11.6. The van der Waals surface area contributed by atoms with Crippen LogP contribution in [0.25, 0.3) is 0 Å². The van der Waals surface area contributed by atoms with Crippen LogP contribution in [0.5, 0.6) is 0 Å². The van der Waals surface area contributed by atoms with Crippen molar-refractivity contribution in [1.29, 1.82) is 0 Å². The zero-order valence-electron chi connectivity index (χ0n) is 9.39. The molecule has 2 saturated heterocycles. The van der Waals surface area contributed by atoms with Crippen molar-refractivity contribution in [2.24, 2.45) is 5.92 Å². The topological polar surface area (TPSA) is 66.8 Å². The lowest BCUT2D eigenvalue weighted by atomic mass is 9.91. The molecule has 2 fully saturated rings.